The van der Waals surface area contributed by atoms with E-state index in [0.717, 1.165) is 32.2 Å². The summed E-state index contributed by atoms with van der Waals surface area (Å²) in [6.45, 7) is 2.55. The Balaban J connectivity index is 1.90. The van der Waals surface area contributed by atoms with Crippen molar-refractivity contribution in [2.45, 2.75) is 13.5 Å². The van der Waals surface area contributed by atoms with Crippen molar-refractivity contribution in [2.24, 2.45) is 0 Å². The van der Waals surface area contributed by atoms with Crippen LogP contribution in [0.25, 0.3) is 10.9 Å². The average Bonchev–Trinajstić information content (AvgIpc) is 2.47. The third-order valence-corrected chi connectivity index (χ3v) is 3.89. The van der Waals surface area contributed by atoms with Gasteiger partial charge in [-0.05, 0) is 58.2 Å². The molecule has 1 heterocycles. The van der Waals surface area contributed by atoms with Gasteiger partial charge in [0.05, 0.1) is 11.2 Å². The first-order valence-electron chi connectivity index (χ1n) is 6.66. The summed E-state index contributed by atoms with van der Waals surface area (Å²) < 4.78 is 14.3. The topological polar surface area (TPSA) is 24.9 Å². The van der Waals surface area contributed by atoms with Gasteiger partial charge in [0, 0.05) is 22.6 Å². The number of rotatable bonds is 3. The fourth-order valence-corrected chi connectivity index (χ4v) is 2.65. The molecule has 0 unspecified atom stereocenters. The number of benzene rings is 2. The van der Waals surface area contributed by atoms with Gasteiger partial charge in [-0.15, -0.1) is 0 Å². The Morgan fingerprint density at radius 2 is 2.05 bits per heavy atom. The lowest BCUT2D eigenvalue weighted by Gasteiger charge is -2.11. The fraction of sp³-hybridized carbons (Fsp3) is 0.118. The summed E-state index contributed by atoms with van der Waals surface area (Å²) in [6, 6.07) is 12.9. The lowest BCUT2D eigenvalue weighted by molar-refractivity contribution is 0.625. The summed E-state index contributed by atoms with van der Waals surface area (Å²) in [6.07, 6.45) is 1.78. The Hall–Kier alpha value is -1.94. The molecule has 0 saturated carbocycles. The van der Waals surface area contributed by atoms with E-state index in [0.29, 0.717) is 6.54 Å². The van der Waals surface area contributed by atoms with Gasteiger partial charge in [0.25, 0.3) is 0 Å². The van der Waals surface area contributed by atoms with Crippen LogP contribution in [0.4, 0.5) is 10.1 Å². The largest absolute Gasteiger partial charge is 0.379 e. The average molecular weight is 345 g/mol. The van der Waals surface area contributed by atoms with Crippen molar-refractivity contribution in [2.75, 3.05) is 5.32 Å². The van der Waals surface area contributed by atoms with Gasteiger partial charge in [-0.25, -0.2) is 4.39 Å². The predicted octanol–water partition coefficient (Wildman–Crippen LogP) is 5.06. The molecule has 0 bridgehead atoms. The summed E-state index contributed by atoms with van der Waals surface area (Å²) in [5, 5.41) is 4.41. The molecule has 0 fully saturated rings. The predicted molar refractivity (Wildman–Crippen MR) is 87.9 cm³/mol. The molecule has 0 aliphatic heterocycles. The molecule has 0 aliphatic rings. The van der Waals surface area contributed by atoms with Crippen LogP contribution in [0.5, 0.6) is 0 Å². The van der Waals surface area contributed by atoms with E-state index in [-0.39, 0.29) is 5.82 Å². The highest BCUT2D eigenvalue weighted by Gasteiger charge is 2.05. The van der Waals surface area contributed by atoms with Gasteiger partial charge in [0.15, 0.2) is 0 Å². The number of anilines is 1. The number of para-hydroxylation sites is 1. The van der Waals surface area contributed by atoms with E-state index in [1.54, 1.807) is 18.3 Å². The third-order valence-electron chi connectivity index (χ3n) is 3.46. The van der Waals surface area contributed by atoms with Crippen LogP contribution in [0, 0.1) is 12.7 Å². The zero-order chi connectivity index (χ0) is 14.8. The first-order valence-corrected chi connectivity index (χ1v) is 7.46. The monoisotopic (exact) mass is 344 g/mol. The van der Waals surface area contributed by atoms with Crippen LogP contribution in [0.15, 0.2) is 53.1 Å². The van der Waals surface area contributed by atoms with Crippen LogP contribution >= 0.6 is 15.9 Å². The lowest BCUT2D eigenvalue weighted by atomic mass is 10.1. The zero-order valence-electron chi connectivity index (χ0n) is 11.5. The summed E-state index contributed by atoms with van der Waals surface area (Å²) in [5.41, 5.74) is 3.88. The van der Waals surface area contributed by atoms with Crippen molar-refractivity contribution in [1.82, 2.24) is 4.98 Å². The second-order valence-electron chi connectivity index (χ2n) is 4.96. The van der Waals surface area contributed by atoms with Crippen molar-refractivity contribution in [3.8, 4) is 0 Å². The minimum atomic E-state index is -0.211. The Morgan fingerprint density at radius 3 is 2.90 bits per heavy atom. The molecule has 0 saturated heterocycles. The highest BCUT2D eigenvalue weighted by atomic mass is 79.9. The number of fused-ring (bicyclic) bond motifs is 1. The fourth-order valence-electron chi connectivity index (χ4n) is 2.30. The summed E-state index contributed by atoms with van der Waals surface area (Å²) >= 11 is 3.43. The molecule has 2 nitrogen and oxygen atoms in total. The van der Waals surface area contributed by atoms with E-state index < -0.39 is 0 Å². The maximum atomic E-state index is 13.3. The molecule has 0 atom stereocenters. The van der Waals surface area contributed by atoms with Crippen LogP contribution in [-0.4, -0.2) is 4.98 Å². The maximum absolute atomic E-state index is 13.3. The number of nitrogens with one attached hydrogen (secondary N) is 1. The van der Waals surface area contributed by atoms with E-state index in [1.807, 2.05) is 31.2 Å². The highest BCUT2D eigenvalue weighted by Crippen LogP contribution is 2.24. The smallest absolute Gasteiger partial charge is 0.123 e. The Morgan fingerprint density at radius 1 is 1.19 bits per heavy atom. The van der Waals surface area contributed by atoms with Gasteiger partial charge >= 0.3 is 0 Å². The molecular formula is C17H14BrFN2. The molecule has 4 heteroatoms. The van der Waals surface area contributed by atoms with Crippen molar-refractivity contribution in [1.29, 1.82) is 0 Å². The number of aryl methyl sites for hydroxylation is 1. The highest BCUT2D eigenvalue weighted by molar-refractivity contribution is 9.10. The molecule has 1 N–H and O–H groups in total. The summed E-state index contributed by atoms with van der Waals surface area (Å²) in [5.74, 6) is -0.211. The van der Waals surface area contributed by atoms with Crippen LogP contribution in [-0.2, 0) is 6.54 Å². The molecule has 106 valence electrons. The van der Waals surface area contributed by atoms with E-state index in [1.165, 1.54) is 6.07 Å². The quantitative estimate of drug-likeness (QED) is 0.718. The first kappa shape index (κ1) is 14.0. The van der Waals surface area contributed by atoms with Crippen molar-refractivity contribution >= 4 is 32.5 Å². The molecule has 3 aromatic rings. The Kier molecular flexibility index (Phi) is 3.88. The molecule has 2 aromatic carbocycles. The van der Waals surface area contributed by atoms with E-state index in [9.17, 15) is 4.39 Å². The molecular weight excluding hydrogens is 331 g/mol. The molecule has 21 heavy (non-hydrogen) atoms. The number of hydrogen-bond acceptors (Lipinski definition) is 2. The minimum absolute atomic E-state index is 0.211. The number of aromatic nitrogens is 1. The third kappa shape index (κ3) is 3.05. The summed E-state index contributed by atoms with van der Waals surface area (Å²) in [4.78, 5) is 4.45. The molecule has 0 radical (unpaired) electrons. The minimum Gasteiger partial charge on any atom is -0.379 e. The molecule has 1 aromatic heterocycles. The second-order valence-corrected chi connectivity index (χ2v) is 5.87. The molecule has 0 aliphatic carbocycles. The molecule has 0 spiro atoms. The van der Waals surface area contributed by atoms with Gasteiger partial charge in [0.2, 0.25) is 0 Å². The first-order chi connectivity index (χ1) is 10.1. The van der Waals surface area contributed by atoms with Crippen LogP contribution in [0.1, 0.15) is 11.1 Å². The molecule has 3 rings (SSSR count). The van der Waals surface area contributed by atoms with Crippen LogP contribution in [0.3, 0.4) is 0 Å². The van der Waals surface area contributed by atoms with Crippen molar-refractivity contribution in [3.63, 3.8) is 0 Å². The standard InChI is InChI=1S/C17H14BrFN2/c1-11-5-6-15(19)8-13(11)9-20-16-4-2-3-12-7-14(18)10-21-17(12)16/h2-8,10,20H,9H2,1H3. The number of hydrogen-bond donors (Lipinski definition) is 1. The van der Waals surface area contributed by atoms with Crippen molar-refractivity contribution < 1.29 is 4.39 Å². The SMILES string of the molecule is Cc1ccc(F)cc1CNc1cccc2cc(Br)cnc12. The maximum Gasteiger partial charge on any atom is 0.123 e. The summed E-state index contributed by atoms with van der Waals surface area (Å²) in [7, 11) is 0. The lowest BCUT2D eigenvalue weighted by Crippen LogP contribution is -2.02. The van der Waals surface area contributed by atoms with E-state index in [4.69, 9.17) is 0 Å². The Labute approximate surface area is 131 Å². The van der Waals surface area contributed by atoms with Gasteiger partial charge < -0.3 is 5.32 Å². The number of nitrogens with zero attached hydrogens (tertiary/aromatic N) is 1. The normalized spacial score (nSPS) is 10.8. The van der Waals surface area contributed by atoms with Gasteiger partial charge in [-0.1, -0.05) is 18.2 Å². The number of halogens is 2. The van der Waals surface area contributed by atoms with Crippen LogP contribution < -0.4 is 5.32 Å². The van der Waals surface area contributed by atoms with Gasteiger partial charge in [-0.3, -0.25) is 4.98 Å². The van der Waals surface area contributed by atoms with Gasteiger partial charge in [-0.2, -0.15) is 0 Å². The van der Waals surface area contributed by atoms with E-state index in [2.05, 4.69) is 26.2 Å². The number of pyridine rings is 1. The second kappa shape index (κ2) is 5.82. The Bertz CT molecular complexity index is 802. The zero-order valence-corrected chi connectivity index (χ0v) is 13.1. The van der Waals surface area contributed by atoms with Crippen molar-refractivity contribution in [3.05, 3.63) is 70.1 Å². The van der Waals surface area contributed by atoms with Crippen LogP contribution in [0.2, 0.25) is 0 Å². The molecule has 0 amide bonds. The van der Waals surface area contributed by atoms with Gasteiger partial charge in [0.1, 0.15) is 5.82 Å². The van der Waals surface area contributed by atoms with E-state index >= 15 is 0 Å².